The van der Waals surface area contributed by atoms with Crippen molar-refractivity contribution in [2.75, 3.05) is 13.2 Å². The van der Waals surface area contributed by atoms with Gasteiger partial charge in [0.2, 0.25) is 0 Å². The van der Waals surface area contributed by atoms with Crippen molar-refractivity contribution < 1.29 is 9.47 Å². The van der Waals surface area contributed by atoms with Crippen molar-refractivity contribution in [1.82, 2.24) is 0 Å². The van der Waals surface area contributed by atoms with E-state index < -0.39 is 0 Å². The van der Waals surface area contributed by atoms with E-state index in [-0.39, 0.29) is 5.79 Å². The Bertz CT molecular complexity index is 192. The van der Waals surface area contributed by atoms with Gasteiger partial charge in [0.05, 0.1) is 13.2 Å². The highest BCUT2D eigenvalue weighted by Gasteiger charge is 2.43. The molecule has 12 heavy (non-hydrogen) atoms. The average molecular weight is 168 g/mol. The number of rotatable bonds is 1. The van der Waals surface area contributed by atoms with Gasteiger partial charge in [-0.1, -0.05) is 12.2 Å². The van der Waals surface area contributed by atoms with Gasteiger partial charge in [-0.15, -0.1) is 0 Å². The molecule has 0 bridgehead atoms. The van der Waals surface area contributed by atoms with Gasteiger partial charge in [-0.3, -0.25) is 0 Å². The Kier molecular flexibility index (Phi) is 1.97. The molecular formula is C10H16O2. The number of hydrogen-bond donors (Lipinski definition) is 0. The molecule has 2 heterocycles. The van der Waals surface area contributed by atoms with Gasteiger partial charge in [0.25, 0.3) is 0 Å². The standard InChI is InChI=1S/C10H16O2/c1-8(2)9-6-10(12-7-9)4-3-5-11-10/h9H,1,3-7H2,2H3/t9?,10-/m0/s1. The van der Waals surface area contributed by atoms with Crippen molar-refractivity contribution in [3.63, 3.8) is 0 Å². The van der Waals surface area contributed by atoms with Crippen LogP contribution in [0.4, 0.5) is 0 Å². The van der Waals surface area contributed by atoms with E-state index in [2.05, 4.69) is 13.5 Å². The summed E-state index contributed by atoms with van der Waals surface area (Å²) in [5.41, 5.74) is 1.22. The van der Waals surface area contributed by atoms with Gasteiger partial charge >= 0.3 is 0 Å². The Hall–Kier alpha value is -0.340. The third-order valence-corrected chi connectivity index (χ3v) is 2.87. The van der Waals surface area contributed by atoms with Crippen LogP contribution in [0.15, 0.2) is 12.2 Å². The van der Waals surface area contributed by atoms with Gasteiger partial charge < -0.3 is 9.47 Å². The van der Waals surface area contributed by atoms with Crippen molar-refractivity contribution in [2.24, 2.45) is 5.92 Å². The third-order valence-electron chi connectivity index (χ3n) is 2.87. The van der Waals surface area contributed by atoms with Crippen molar-refractivity contribution in [3.8, 4) is 0 Å². The van der Waals surface area contributed by atoms with Gasteiger partial charge in [0, 0.05) is 18.8 Å². The summed E-state index contributed by atoms with van der Waals surface area (Å²) in [5, 5.41) is 0. The van der Waals surface area contributed by atoms with Crippen LogP contribution in [0.2, 0.25) is 0 Å². The first-order chi connectivity index (χ1) is 5.72. The number of ether oxygens (including phenoxy) is 2. The molecule has 2 aliphatic heterocycles. The van der Waals surface area contributed by atoms with Crippen LogP contribution in [0.3, 0.4) is 0 Å². The fourth-order valence-electron chi connectivity index (χ4n) is 2.01. The van der Waals surface area contributed by atoms with Crippen LogP contribution in [0.25, 0.3) is 0 Å². The van der Waals surface area contributed by atoms with Crippen LogP contribution in [0.1, 0.15) is 26.2 Å². The largest absolute Gasteiger partial charge is 0.350 e. The summed E-state index contributed by atoms with van der Waals surface area (Å²) < 4.78 is 11.3. The predicted octanol–water partition coefficient (Wildman–Crippen LogP) is 2.11. The Morgan fingerprint density at radius 1 is 1.50 bits per heavy atom. The highest BCUT2D eigenvalue weighted by Crippen LogP contribution is 2.40. The highest BCUT2D eigenvalue weighted by molar-refractivity contribution is 5.02. The molecule has 2 fully saturated rings. The van der Waals surface area contributed by atoms with E-state index in [1.807, 2.05) is 0 Å². The van der Waals surface area contributed by atoms with Crippen LogP contribution < -0.4 is 0 Å². The van der Waals surface area contributed by atoms with E-state index in [1.165, 1.54) is 5.57 Å². The molecule has 0 aliphatic carbocycles. The summed E-state index contributed by atoms with van der Waals surface area (Å²) in [7, 11) is 0. The van der Waals surface area contributed by atoms with Crippen LogP contribution in [0.5, 0.6) is 0 Å². The quantitative estimate of drug-likeness (QED) is 0.558. The molecule has 2 heteroatoms. The fraction of sp³-hybridized carbons (Fsp3) is 0.800. The molecule has 2 nitrogen and oxygen atoms in total. The number of hydrogen-bond acceptors (Lipinski definition) is 2. The Morgan fingerprint density at radius 2 is 2.33 bits per heavy atom. The summed E-state index contributed by atoms with van der Waals surface area (Å²) in [5.74, 6) is 0.298. The first kappa shape index (κ1) is 8.27. The van der Waals surface area contributed by atoms with Gasteiger partial charge in [-0.2, -0.15) is 0 Å². The summed E-state index contributed by atoms with van der Waals surface area (Å²) >= 11 is 0. The monoisotopic (exact) mass is 168 g/mol. The van der Waals surface area contributed by atoms with E-state index in [1.54, 1.807) is 0 Å². The molecule has 2 atom stereocenters. The van der Waals surface area contributed by atoms with Gasteiger partial charge in [-0.05, 0) is 13.3 Å². The molecule has 0 N–H and O–H groups in total. The smallest absolute Gasteiger partial charge is 0.169 e. The summed E-state index contributed by atoms with van der Waals surface area (Å²) in [6.07, 6.45) is 3.22. The lowest BCUT2D eigenvalue weighted by Crippen LogP contribution is -2.25. The SMILES string of the molecule is C=C(C)C1CO[C@@]2(CCCO2)C1. The molecule has 2 saturated heterocycles. The second-order valence-corrected chi connectivity index (χ2v) is 3.92. The first-order valence-corrected chi connectivity index (χ1v) is 4.65. The molecule has 0 radical (unpaired) electrons. The predicted molar refractivity (Wildman–Crippen MR) is 46.8 cm³/mol. The van der Waals surface area contributed by atoms with E-state index in [0.29, 0.717) is 5.92 Å². The topological polar surface area (TPSA) is 18.5 Å². The van der Waals surface area contributed by atoms with Crippen LogP contribution in [-0.2, 0) is 9.47 Å². The highest BCUT2D eigenvalue weighted by atomic mass is 16.7. The molecule has 0 amide bonds. The lowest BCUT2D eigenvalue weighted by atomic mass is 9.96. The zero-order valence-corrected chi connectivity index (χ0v) is 7.64. The van der Waals surface area contributed by atoms with Crippen LogP contribution >= 0.6 is 0 Å². The minimum atomic E-state index is -0.219. The summed E-state index contributed by atoms with van der Waals surface area (Å²) in [6.45, 7) is 7.69. The molecule has 0 saturated carbocycles. The first-order valence-electron chi connectivity index (χ1n) is 4.65. The molecule has 0 aromatic carbocycles. The second kappa shape index (κ2) is 2.86. The van der Waals surface area contributed by atoms with E-state index >= 15 is 0 Å². The summed E-state index contributed by atoms with van der Waals surface area (Å²) in [4.78, 5) is 0. The minimum Gasteiger partial charge on any atom is -0.350 e. The molecule has 0 aromatic heterocycles. The van der Waals surface area contributed by atoms with Crippen molar-refractivity contribution >= 4 is 0 Å². The third kappa shape index (κ3) is 1.29. The fourth-order valence-corrected chi connectivity index (χ4v) is 2.01. The van der Waals surface area contributed by atoms with Crippen molar-refractivity contribution in [3.05, 3.63) is 12.2 Å². The van der Waals surface area contributed by atoms with E-state index in [9.17, 15) is 0 Å². The Morgan fingerprint density at radius 3 is 2.83 bits per heavy atom. The summed E-state index contributed by atoms with van der Waals surface area (Å²) in [6, 6.07) is 0. The Labute approximate surface area is 73.5 Å². The van der Waals surface area contributed by atoms with E-state index in [4.69, 9.17) is 9.47 Å². The Balaban J connectivity index is 2.01. The maximum Gasteiger partial charge on any atom is 0.169 e. The minimum absolute atomic E-state index is 0.219. The maximum atomic E-state index is 5.69. The van der Waals surface area contributed by atoms with E-state index in [0.717, 1.165) is 32.5 Å². The molecule has 1 spiro atoms. The van der Waals surface area contributed by atoms with Crippen LogP contribution in [-0.4, -0.2) is 19.0 Å². The lowest BCUT2D eigenvalue weighted by molar-refractivity contribution is -0.178. The van der Waals surface area contributed by atoms with Gasteiger partial charge in [-0.25, -0.2) is 0 Å². The molecule has 2 rings (SSSR count). The molecule has 2 aliphatic rings. The van der Waals surface area contributed by atoms with Crippen LogP contribution in [0, 0.1) is 5.92 Å². The molecule has 1 unspecified atom stereocenters. The molecular weight excluding hydrogens is 152 g/mol. The van der Waals surface area contributed by atoms with Crippen molar-refractivity contribution in [2.45, 2.75) is 32.0 Å². The zero-order valence-electron chi connectivity index (χ0n) is 7.64. The molecule has 0 aromatic rings. The molecule has 68 valence electrons. The average Bonchev–Trinajstić information content (AvgIpc) is 2.62. The van der Waals surface area contributed by atoms with Crippen molar-refractivity contribution in [1.29, 1.82) is 0 Å². The van der Waals surface area contributed by atoms with Gasteiger partial charge in [0.1, 0.15) is 0 Å². The second-order valence-electron chi connectivity index (χ2n) is 3.92. The normalized spacial score (nSPS) is 40.9. The lowest BCUT2D eigenvalue weighted by Gasteiger charge is -2.20. The van der Waals surface area contributed by atoms with Gasteiger partial charge in [0.15, 0.2) is 5.79 Å². The maximum absolute atomic E-state index is 5.69. The zero-order chi connectivity index (χ0) is 8.60.